The van der Waals surface area contributed by atoms with Crippen LogP contribution in [0.4, 0.5) is 8.78 Å². The quantitative estimate of drug-likeness (QED) is 0.804. The summed E-state index contributed by atoms with van der Waals surface area (Å²) in [5.74, 6) is -0.357. The Morgan fingerprint density at radius 2 is 1.84 bits per heavy atom. The van der Waals surface area contributed by atoms with E-state index in [4.69, 9.17) is 0 Å². The minimum absolute atomic E-state index is 0.0678. The molecule has 0 aliphatic carbocycles. The predicted molar refractivity (Wildman–Crippen MR) is 68.4 cm³/mol. The molecular weight excluding hydrogens is 320 g/mol. The zero-order valence-corrected chi connectivity index (χ0v) is 11.1. The van der Waals surface area contributed by atoms with Crippen molar-refractivity contribution in [3.05, 3.63) is 58.3 Å². The van der Waals surface area contributed by atoms with Crippen LogP contribution in [-0.4, -0.2) is 17.4 Å². The fourth-order valence-electron chi connectivity index (χ4n) is 1.53. The Morgan fingerprint density at radius 1 is 1.16 bits per heavy atom. The fourth-order valence-corrected chi connectivity index (χ4v) is 2.01. The molecule has 3 nitrogen and oxygen atoms in total. The maximum atomic E-state index is 12.2. The molecule has 0 saturated carbocycles. The van der Waals surface area contributed by atoms with Crippen LogP contribution in [0.15, 0.2) is 47.2 Å². The molecule has 1 aromatic heterocycles. The monoisotopic (exact) mass is 327 g/mol. The second-order valence-corrected chi connectivity index (χ2v) is 4.53. The van der Waals surface area contributed by atoms with E-state index < -0.39 is 6.61 Å². The van der Waals surface area contributed by atoms with Crippen molar-refractivity contribution in [2.75, 3.05) is 0 Å². The average molecular weight is 328 g/mol. The van der Waals surface area contributed by atoms with Crippen LogP contribution in [0.5, 0.6) is 5.75 Å². The van der Waals surface area contributed by atoms with Gasteiger partial charge in [0.25, 0.3) is 0 Å². The van der Waals surface area contributed by atoms with Crippen LogP contribution in [0.3, 0.4) is 0 Å². The van der Waals surface area contributed by atoms with E-state index in [1.807, 2.05) is 0 Å². The third kappa shape index (κ3) is 3.57. The molecule has 1 aromatic carbocycles. The number of hydrogen-bond donors (Lipinski definition) is 0. The highest BCUT2D eigenvalue weighted by Crippen LogP contribution is 2.24. The van der Waals surface area contributed by atoms with Crippen molar-refractivity contribution in [2.24, 2.45) is 0 Å². The first kappa shape index (κ1) is 13.6. The highest BCUT2D eigenvalue weighted by atomic mass is 79.9. The second kappa shape index (κ2) is 5.88. The summed E-state index contributed by atoms with van der Waals surface area (Å²) in [5.41, 5.74) is 0.687. The maximum Gasteiger partial charge on any atom is 0.387 e. The third-order valence-electron chi connectivity index (χ3n) is 2.30. The summed E-state index contributed by atoms with van der Waals surface area (Å²) in [4.78, 5) is 16.0. The number of rotatable bonds is 4. The van der Waals surface area contributed by atoms with Crippen LogP contribution in [-0.2, 0) is 0 Å². The standard InChI is InChI=1S/C13H8BrF2NO2/c14-10-5-9(6-11(7-10)19-13(15)16)12(18)8-1-3-17-4-2-8/h1-7,13H. The van der Waals surface area contributed by atoms with E-state index in [0.29, 0.717) is 10.0 Å². The van der Waals surface area contributed by atoms with Crippen molar-refractivity contribution in [1.29, 1.82) is 0 Å². The molecule has 0 unspecified atom stereocenters. The zero-order chi connectivity index (χ0) is 13.8. The van der Waals surface area contributed by atoms with Gasteiger partial charge in [-0.1, -0.05) is 15.9 Å². The van der Waals surface area contributed by atoms with Gasteiger partial charge in [-0.15, -0.1) is 0 Å². The lowest BCUT2D eigenvalue weighted by molar-refractivity contribution is -0.0499. The summed E-state index contributed by atoms with van der Waals surface area (Å²) < 4.78 is 29.1. The minimum Gasteiger partial charge on any atom is -0.435 e. The Morgan fingerprint density at radius 3 is 2.47 bits per heavy atom. The van der Waals surface area contributed by atoms with Crippen LogP contribution in [0.1, 0.15) is 15.9 Å². The normalized spacial score (nSPS) is 10.5. The summed E-state index contributed by atoms with van der Waals surface area (Å²) >= 11 is 3.15. The molecule has 0 aliphatic rings. The van der Waals surface area contributed by atoms with Crippen molar-refractivity contribution >= 4 is 21.7 Å². The van der Waals surface area contributed by atoms with Crippen molar-refractivity contribution < 1.29 is 18.3 Å². The number of ketones is 1. The first-order valence-corrected chi connectivity index (χ1v) is 6.05. The van der Waals surface area contributed by atoms with Crippen molar-refractivity contribution in [2.45, 2.75) is 6.61 Å². The van der Waals surface area contributed by atoms with Gasteiger partial charge in [0.1, 0.15) is 5.75 Å². The summed E-state index contributed by atoms with van der Waals surface area (Å²) in [6, 6.07) is 7.30. The molecule has 0 bridgehead atoms. The highest BCUT2D eigenvalue weighted by Gasteiger charge is 2.13. The highest BCUT2D eigenvalue weighted by molar-refractivity contribution is 9.10. The van der Waals surface area contributed by atoms with Crippen LogP contribution >= 0.6 is 15.9 Å². The second-order valence-electron chi connectivity index (χ2n) is 3.62. The number of benzene rings is 1. The molecule has 2 rings (SSSR count). The van der Waals surface area contributed by atoms with Crippen molar-refractivity contribution in [1.82, 2.24) is 4.98 Å². The summed E-state index contributed by atoms with van der Waals surface area (Å²) in [7, 11) is 0. The number of alkyl halides is 2. The predicted octanol–water partition coefficient (Wildman–Crippen LogP) is 3.68. The van der Waals surface area contributed by atoms with Gasteiger partial charge in [0.15, 0.2) is 5.78 Å². The van der Waals surface area contributed by atoms with E-state index >= 15 is 0 Å². The van der Waals surface area contributed by atoms with Crippen LogP contribution in [0.2, 0.25) is 0 Å². The van der Waals surface area contributed by atoms with Gasteiger partial charge in [-0.25, -0.2) is 0 Å². The minimum atomic E-state index is -2.93. The summed E-state index contributed by atoms with van der Waals surface area (Å²) in [6.07, 6.45) is 2.98. The summed E-state index contributed by atoms with van der Waals surface area (Å²) in [5, 5.41) is 0. The Balaban J connectivity index is 2.34. The third-order valence-corrected chi connectivity index (χ3v) is 2.76. The smallest absolute Gasteiger partial charge is 0.387 e. The van der Waals surface area contributed by atoms with Gasteiger partial charge in [-0.05, 0) is 30.3 Å². The van der Waals surface area contributed by atoms with Gasteiger partial charge in [0.05, 0.1) is 0 Å². The number of ether oxygens (including phenoxy) is 1. The number of nitrogens with zero attached hydrogens (tertiary/aromatic N) is 1. The van der Waals surface area contributed by atoms with E-state index in [9.17, 15) is 13.6 Å². The van der Waals surface area contributed by atoms with E-state index in [-0.39, 0.29) is 17.1 Å². The molecule has 0 fully saturated rings. The first-order chi connectivity index (χ1) is 9.06. The van der Waals surface area contributed by atoms with Crippen molar-refractivity contribution in [3.63, 3.8) is 0 Å². The lowest BCUT2D eigenvalue weighted by Crippen LogP contribution is -2.05. The van der Waals surface area contributed by atoms with Gasteiger partial charge in [-0.3, -0.25) is 9.78 Å². The molecule has 0 aliphatic heterocycles. The van der Waals surface area contributed by atoms with E-state index in [1.54, 1.807) is 18.2 Å². The average Bonchev–Trinajstić information content (AvgIpc) is 2.37. The molecule has 98 valence electrons. The van der Waals surface area contributed by atoms with E-state index in [2.05, 4.69) is 25.7 Å². The van der Waals surface area contributed by atoms with Crippen molar-refractivity contribution in [3.8, 4) is 5.75 Å². The Kier molecular flexibility index (Phi) is 4.21. The molecule has 0 radical (unpaired) electrons. The molecule has 6 heteroatoms. The Hall–Kier alpha value is -1.82. The fraction of sp³-hybridized carbons (Fsp3) is 0.0769. The SMILES string of the molecule is O=C(c1ccncc1)c1cc(Br)cc(OC(F)F)c1. The molecule has 1 heterocycles. The molecule has 0 saturated heterocycles. The Labute approximate surface area is 116 Å². The number of hydrogen-bond acceptors (Lipinski definition) is 3. The number of carbonyl (C=O) groups is 1. The topological polar surface area (TPSA) is 39.2 Å². The zero-order valence-electron chi connectivity index (χ0n) is 9.52. The Bertz CT molecular complexity index is 590. The lowest BCUT2D eigenvalue weighted by atomic mass is 10.0. The molecule has 19 heavy (non-hydrogen) atoms. The number of pyridine rings is 1. The number of halogens is 3. The van der Waals surface area contributed by atoms with E-state index in [1.165, 1.54) is 24.5 Å². The molecule has 0 atom stereocenters. The van der Waals surface area contributed by atoms with Gasteiger partial charge in [0, 0.05) is 28.0 Å². The van der Waals surface area contributed by atoms with Gasteiger partial charge >= 0.3 is 6.61 Å². The largest absolute Gasteiger partial charge is 0.435 e. The van der Waals surface area contributed by atoms with Gasteiger partial charge in [-0.2, -0.15) is 8.78 Å². The van der Waals surface area contributed by atoms with Gasteiger partial charge in [0.2, 0.25) is 0 Å². The maximum absolute atomic E-state index is 12.2. The molecule has 0 amide bonds. The molecule has 0 N–H and O–H groups in total. The summed E-state index contributed by atoms with van der Waals surface area (Å²) in [6.45, 7) is -2.93. The van der Waals surface area contributed by atoms with E-state index in [0.717, 1.165) is 0 Å². The van der Waals surface area contributed by atoms with Crippen LogP contribution in [0.25, 0.3) is 0 Å². The molecule has 2 aromatic rings. The van der Waals surface area contributed by atoms with Gasteiger partial charge < -0.3 is 4.74 Å². The van der Waals surface area contributed by atoms with Crippen LogP contribution < -0.4 is 4.74 Å². The first-order valence-electron chi connectivity index (χ1n) is 5.26. The lowest BCUT2D eigenvalue weighted by Gasteiger charge is -2.07. The molecule has 0 spiro atoms. The molecular formula is C13H8BrF2NO2. The number of aromatic nitrogens is 1. The number of carbonyl (C=O) groups excluding carboxylic acids is 1. The van der Waals surface area contributed by atoms with Crippen LogP contribution in [0, 0.1) is 0 Å².